The average molecular weight is 354 g/mol. The first-order valence-corrected chi connectivity index (χ1v) is 9.78. The third-order valence-corrected chi connectivity index (χ3v) is 5.00. The van der Waals surface area contributed by atoms with Crippen LogP contribution < -0.4 is 0 Å². The second-order valence-corrected chi connectivity index (χ2v) is 7.34. The molecule has 0 aliphatic carbocycles. The SMILES string of the molecule is CN(C)CCCCCCc1ccc(C2(c3ccccc3)OCCO2)cc1. The van der Waals surface area contributed by atoms with Crippen molar-refractivity contribution in [1.29, 1.82) is 0 Å². The molecule has 1 fully saturated rings. The molecule has 0 amide bonds. The van der Waals surface area contributed by atoms with E-state index in [0.717, 1.165) is 17.5 Å². The van der Waals surface area contributed by atoms with Crippen LogP contribution in [0.25, 0.3) is 0 Å². The largest absolute Gasteiger partial charge is 0.340 e. The molecule has 0 unspecified atom stereocenters. The molecular formula is C23H31NO2. The van der Waals surface area contributed by atoms with Gasteiger partial charge in [0.2, 0.25) is 5.79 Å². The van der Waals surface area contributed by atoms with Gasteiger partial charge in [0.25, 0.3) is 0 Å². The molecule has 1 aliphatic rings. The Bertz CT molecular complexity index is 646. The molecule has 3 rings (SSSR count). The van der Waals surface area contributed by atoms with E-state index in [2.05, 4.69) is 55.4 Å². The number of ether oxygens (including phenoxy) is 2. The highest BCUT2D eigenvalue weighted by Gasteiger charge is 2.40. The average Bonchev–Trinajstić information content (AvgIpc) is 3.17. The van der Waals surface area contributed by atoms with Gasteiger partial charge >= 0.3 is 0 Å². The lowest BCUT2D eigenvalue weighted by Crippen LogP contribution is -2.28. The highest BCUT2D eigenvalue weighted by atomic mass is 16.7. The number of unbranched alkanes of at least 4 members (excludes halogenated alkanes) is 3. The Hall–Kier alpha value is -1.68. The van der Waals surface area contributed by atoms with E-state index in [-0.39, 0.29) is 0 Å². The van der Waals surface area contributed by atoms with Gasteiger partial charge in [-0.25, -0.2) is 0 Å². The van der Waals surface area contributed by atoms with Crippen LogP contribution >= 0.6 is 0 Å². The van der Waals surface area contributed by atoms with Gasteiger partial charge in [-0.1, -0.05) is 67.4 Å². The molecule has 2 aromatic rings. The van der Waals surface area contributed by atoms with Crippen molar-refractivity contribution in [2.75, 3.05) is 33.9 Å². The van der Waals surface area contributed by atoms with Crippen LogP contribution in [0, 0.1) is 0 Å². The Morgan fingerprint density at radius 2 is 1.38 bits per heavy atom. The zero-order chi connectivity index (χ0) is 18.2. The third kappa shape index (κ3) is 4.73. The minimum absolute atomic E-state index is 0.629. The van der Waals surface area contributed by atoms with Crippen LogP contribution in [0.2, 0.25) is 0 Å². The summed E-state index contributed by atoms with van der Waals surface area (Å²) < 4.78 is 12.1. The van der Waals surface area contributed by atoms with E-state index < -0.39 is 5.79 Å². The molecule has 3 nitrogen and oxygen atoms in total. The lowest BCUT2D eigenvalue weighted by atomic mass is 9.95. The lowest BCUT2D eigenvalue weighted by Gasteiger charge is -2.28. The topological polar surface area (TPSA) is 21.7 Å². The summed E-state index contributed by atoms with van der Waals surface area (Å²) in [5, 5.41) is 0. The molecule has 3 heteroatoms. The Kier molecular flexibility index (Phi) is 6.84. The van der Waals surface area contributed by atoms with E-state index in [1.54, 1.807) is 0 Å². The molecule has 1 heterocycles. The van der Waals surface area contributed by atoms with Crippen molar-refractivity contribution < 1.29 is 9.47 Å². The summed E-state index contributed by atoms with van der Waals surface area (Å²) in [6.45, 7) is 2.45. The van der Waals surface area contributed by atoms with E-state index in [1.807, 2.05) is 18.2 Å². The molecule has 1 saturated heterocycles. The van der Waals surface area contributed by atoms with Gasteiger partial charge in [0.05, 0.1) is 13.2 Å². The predicted molar refractivity (Wildman–Crippen MR) is 106 cm³/mol. The second-order valence-electron chi connectivity index (χ2n) is 7.34. The van der Waals surface area contributed by atoms with Gasteiger partial charge in [-0.05, 0) is 45.5 Å². The number of benzene rings is 2. The van der Waals surface area contributed by atoms with Crippen LogP contribution in [0.5, 0.6) is 0 Å². The molecule has 0 spiro atoms. The lowest BCUT2D eigenvalue weighted by molar-refractivity contribution is -0.129. The van der Waals surface area contributed by atoms with Crippen LogP contribution in [0.4, 0.5) is 0 Å². The van der Waals surface area contributed by atoms with Gasteiger partial charge in [-0.15, -0.1) is 0 Å². The second kappa shape index (κ2) is 9.31. The summed E-state index contributed by atoms with van der Waals surface area (Å²) in [5.74, 6) is -0.744. The highest BCUT2D eigenvalue weighted by Crippen LogP contribution is 2.38. The van der Waals surface area contributed by atoms with E-state index in [0.29, 0.717) is 13.2 Å². The van der Waals surface area contributed by atoms with Crippen molar-refractivity contribution >= 4 is 0 Å². The predicted octanol–water partition coefficient (Wildman–Crippen LogP) is 4.60. The van der Waals surface area contributed by atoms with Gasteiger partial charge in [-0.3, -0.25) is 0 Å². The zero-order valence-electron chi connectivity index (χ0n) is 16.1. The van der Waals surface area contributed by atoms with E-state index >= 15 is 0 Å². The van der Waals surface area contributed by atoms with Gasteiger partial charge in [0, 0.05) is 11.1 Å². The first kappa shape index (κ1) is 19.1. The van der Waals surface area contributed by atoms with Crippen LogP contribution in [-0.4, -0.2) is 38.8 Å². The summed E-state index contributed by atoms with van der Waals surface area (Å²) in [6.07, 6.45) is 6.30. The smallest absolute Gasteiger partial charge is 0.222 e. The molecule has 0 atom stereocenters. The molecular weight excluding hydrogens is 322 g/mol. The first-order chi connectivity index (χ1) is 12.7. The number of nitrogens with zero attached hydrogens (tertiary/aromatic N) is 1. The van der Waals surface area contributed by atoms with Crippen molar-refractivity contribution in [3.8, 4) is 0 Å². The van der Waals surface area contributed by atoms with Crippen molar-refractivity contribution in [1.82, 2.24) is 4.90 Å². The summed E-state index contributed by atoms with van der Waals surface area (Å²) in [4.78, 5) is 2.26. The van der Waals surface area contributed by atoms with Crippen LogP contribution in [0.3, 0.4) is 0 Å². The fourth-order valence-electron chi connectivity index (χ4n) is 3.57. The van der Waals surface area contributed by atoms with E-state index in [9.17, 15) is 0 Å². The van der Waals surface area contributed by atoms with Gasteiger partial charge in [0.15, 0.2) is 0 Å². The Morgan fingerprint density at radius 1 is 0.769 bits per heavy atom. The van der Waals surface area contributed by atoms with Crippen molar-refractivity contribution in [2.45, 2.75) is 37.9 Å². The first-order valence-electron chi connectivity index (χ1n) is 9.78. The molecule has 0 aromatic heterocycles. The quantitative estimate of drug-likeness (QED) is 0.615. The van der Waals surface area contributed by atoms with Crippen LogP contribution in [0.15, 0.2) is 54.6 Å². The summed E-state index contributed by atoms with van der Waals surface area (Å²) in [7, 11) is 4.28. The maximum absolute atomic E-state index is 6.07. The van der Waals surface area contributed by atoms with Gasteiger partial charge < -0.3 is 14.4 Å². The molecule has 0 N–H and O–H groups in total. The maximum atomic E-state index is 6.07. The Balaban J connectivity index is 1.58. The fraction of sp³-hybridized carbons (Fsp3) is 0.478. The summed E-state index contributed by atoms with van der Waals surface area (Å²) >= 11 is 0. The molecule has 140 valence electrons. The molecule has 0 saturated carbocycles. The Labute approximate surface area is 157 Å². The number of hydrogen-bond donors (Lipinski definition) is 0. The number of hydrogen-bond acceptors (Lipinski definition) is 3. The zero-order valence-corrected chi connectivity index (χ0v) is 16.1. The van der Waals surface area contributed by atoms with E-state index in [1.165, 1.54) is 37.8 Å². The number of aryl methyl sites for hydroxylation is 1. The van der Waals surface area contributed by atoms with E-state index in [4.69, 9.17) is 9.47 Å². The molecule has 0 bridgehead atoms. The third-order valence-electron chi connectivity index (χ3n) is 5.00. The molecule has 2 aromatic carbocycles. The Morgan fingerprint density at radius 3 is 2.04 bits per heavy atom. The summed E-state index contributed by atoms with van der Waals surface area (Å²) in [6, 6.07) is 19.0. The fourth-order valence-corrected chi connectivity index (χ4v) is 3.57. The van der Waals surface area contributed by atoms with Gasteiger partial charge in [0.1, 0.15) is 0 Å². The minimum Gasteiger partial charge on any atom is -0.340 e. The van der Waals surface area contributed by atoms with Crippen LogP contribution in [-0.2, 0) is 21.7 Å². The molecule has 1 aliphatic heterocycles. The van der Waals surface area contributed by atoms with Crippen molar-refractivity contribution in [3.05, 3.63) is 71.3 Å². The molecule has 0 radical (unpaired) electrons. The van der Waals surface area contributed by atoms with Gasteiger partial charge in [-0.2, -0.15) is 0 Å². The minimum atomic E-state index is -0.744. The van der Waals surface area contributed by atoms with Crippen LogP contribution in [0.1, 0.15) is 42.4 Å². The van der Waals surface area contributed by atoms with Crippen molar-refractivity contribution in [2.24, 2.45) is 0 Å². The normalized spacial score (nSPS) is 16.3. The molecule has 26 heavy (non-hydrogen) atoms. The summed E-state index contributed by atoms with van der Waals surface area (Å²) in [5.41, 5.74) is 3.53. The highest BCUT2D eigenvalue weighted by molar-refractivity contribution is 5.36. The maximum Gasteiger partial charge on any atom is 0.222 e. The number of rotatable bonds is 9. The monoisotopic (exact) mass is 353 g/mol. The standard InChI is InChI=1S/C23H31NO2/c1-24(2)17-9-4-3-6-10-20-13-15-22(16-14-20)23(25-18-19-26-23)21-11-7-5-8-12-21/h5,7-8,11-16H,3-4,6,9-10,17-19H2,1-2H3. The van der Waals surface area contributed by atoms with Crippen molar-refractivity contribution in [3.63, 3.8) is 0 Å².